The maximum atomic E-state index is 13.1. The van der Waals surface area contributed by atoms with Crippen molar-refractivity contribution in [1.29, 1.82) is 0 Å². The molecule has 1 aliphatic rings. The minimum Gasteiger partial charge on any atom is -0.493 e. The summed E-state index contributed by atoms with van der Waals surface area (Å²) in [6, 6.07) is 5.90. The number of benzene rings is 1. The van der Waals surface area contributed by atoms with Crippen LogP contribution in [0.3, 0.4) is 0 Å². The fraction of sp³-hybridized carbons (Fsp3) is 0.435. The Morgan fingerprint density at radius 2 is 1.54 bits per heavy atom. The van der Waals surface area contributed by atoms with Gasteiger partial charge in [-0.25, -0.2) is 0 Å². The first-order valence-corrected chi connectivity index (χ1v) is 8.90. The summed E-state index contributed by atoms with van der Waals surface area (Å²) in [4.78, 5) is 13.1. The zero-order valence-electron chi connectivity index (χ0n) is 17.0. The Morgan fingerprint density at radius 1 is 0.962 bits per heavy atom. The van der Waals surface area contributed by atoms with Gasteiger partial charge in [0.05, 0.1) is 14.2 Å². The molecule has 0 amide bonds. The molecule has 0 N–H and O–H groups in total. The monoisotopic (exact) mass is 354 g/mol. The van der Waals surface area contributed by atoms with Crippen molar-refractivity contribution in [3.63, 3.8) is 0 Å². The molecule has 1 aromatic carbocycles. The van der Waals surface area contributed by atoms with Crippen LogP contribution in [0.1, 0.15) is 46.1 Å². The predicted molar refractivity (Wildman–Crippen MR) is 107 cm³/mol. The van der Waals surface area contributed by atoms with Gasteiger partial charge in [0.1, 0.15) is 0 Å². The first-order valence-electron chi connectivity index (χ1n) is 8.90. The normalized spacial score (nSPS) is 18.1. The first kappa shape index (κ1) is 20.0. The molecule has 0 aliphatic heterocycles. The van der Waals surface area contributed by atoms with Crippen LogP contribution < -0.4 is 9.47 Å². The van der Waals surface area contributed by atoms with E-state index in [-0.39, 0.29) is 17.1 Å². The van der Waals surface area contributed by atoms with Gasteiger partial charge in [0.2, 0.25) is 0 Å². The highest BCUT2D eigenvalue weighted by Crippen LogP contribution is 2.43. The maximum absolute atomic E-state index is 13.1. The van der Waals surface area contributed by atoms with Gasteiger partial charge in [-0.2, -0.15) is 0 Å². The van der Waals surface area contributed by atoms with Crippen molar-refractivity contribution in [2.45, 2.75) is 40.5 Å². The molecule has 0 aromatic heterocycles. The van der Waals surface area contributed by atoms with E-state index in [1.165, 1.54) is 0 Å². The third kappa shape index (κ3) is 3.77. The fourth-order valence-corrected chi connectivity index (χ4v) is 3.16. The van der Waals surface area contributed by atoms with Crippen molar-refractivity contribution in [3.05, 3.63) is 59.7 Å². The van der Waals surface area contributed by atoms with Crippen molar-refractivity contribution in [1.82, 2.24) is 0 Å². The van der Waals surface area contributed by atoms with E-state index >= 15 is 0 Å². The number of ether oxygens (including phenoxy) is 2. The van der Waals surface area contributed by atoms with Gasteiger partial charge in [0.25, 0.3) is 0 Å². The molecule has 1 aromatic rings. The molecule has 1 aliphatic carbocycles. The van der Waals surface area contributed by atoms with Crippen LogP contribution in [0, 0.1) is 10.8 Å². The molecule has 3 heteroatoms. The Morgan fingerprint density at radius 3 is 2.04 bits per heavy atom. The van der Waals surface area contributed by atoms with Gasteiger partial charge >= 0.3 is 0 Å². The zero-order valence-corrected chi connectivity index (χ0v) is 17.0. The van der Waals surface area contributed by atoms with Crippen LogP contribution in [0.25, 0.3) is 0 Å². The molecule has 0 fully saturated rings. The Balaban J connectivity index is 2.63. The molecule has 0 saturated carbocycles. The smallest absolute Gasteiger partial charge is 0.185 e. The van der Waals surface area contributed by atoms with Crippen LogP contribution in [0.4, 0.5) is 0 Å². The minimum atomic E-state index is -0.392. The van der Waals surface area contributed by atoms with Crippen LogP contribution in [0.5, 0.6) is 11.5 Å². The van der Waals surface area contributed by atoms with Gasteiger partial charge in [-0.15, -0.1) is 6.58 Å². The molecular weight excluding hydrogens is 324 g/mol. The van der Waals surface area contributed by atoms with Crippen molar-refractivity contribution in [2.24, 2.45) is 10.8 Å². The molecule has 0 bridgehead atoms. The summed E-state index contributed by atoms with van der Waals surface area (Å²) in [5, 5.41) is 0. The topological polar surface area (TPSA) is 35.5 Å². The number of rotatable bonds is 5. The van der Waals surface area contributed by atoms with E-state index < -0.39 is 5.41 Å². The Kier molecular flexibility index (Phi) is 5.50. The lowest BCUT2D eigenvalue weighted by Gasteiger charge is -2.33. The quantitative estimate of drug-likeness (QED) is 0.657. The van der Waals surface area contributed by atoms with E-state index in [4.69, 9.17) is 9.47 Å². The third-order valence-electron chi connectivity index (χ3n) is 4.99. The fourth-order valence-electron chi connectivity index (χ4n) is 3.16. The molecular formula is C23H30O3. The number of carbonyl (C=O) groups is 1. The van der Waals surface area contributed by atoms with Gasteiger partial charge in [-0.1, -0.05) is 58.9 Å². The minimum absolute atomic E-state index is 0.00374. The molecule has 3 nitrogen and oxygen atoms in total. The van der Waals surface area contributed by atoms with Crippen LogP contribution in [-0.2, 0) is 4.79 Å². The van der Waals surface area contributed by atoms with E-state index in [9.17, 15) is 4.79 Å². The Bertz CT molecular complexity index is 773. The summed E-state index contributed by atoms with van der Waals surface area (Å²) in [5.74, 6) is 1.49. The molecule has 1 atom stereocenters. The van der Waals surface area contributed by atoms with Crippen molar-refractivity contribution in [2.75, 3.05) is 14.2 Å². The average molecular weight is 354 g/mol. The third-order valence-corrected chi connectivity index (χ3v) is 4.99. The van der Waals surface area contributed by atoms with E-state index in [0.29, 0.717) is 11.5 Å². The van der Waals surface area contributed by atoms with Crippen molar-refractivity contribution < 1.29 is 14.3 Å². The highest BCUT2D eigenvalue weighted by Gasteiger charge is 2.36. The maximum Gasteiger partial charge on any atom is 0.185 e. The number of hydrogen-bond donors (Lipinski definition) is 0. The number of hydrogen-bond acceptors (Lipinski definition) is 3. The zero-order chi connectivity index (χ0) is 19.7. The van der Waals surface area contributed by atoms with Gasteiger partial charge in [-0.3, -0.25) is 4.79 Å². The summed E-state index contributed by atoms with van der Waals surface area (Å²) in [5.41, 5.74) is 2.07. The van der Waals surface area contributed by atoms with Gasteiger partial charge < -0.3 is 9.47 Å². The Hall–Kier alpha value is -2.29. The van der Waals surface area contributed by atoms with Crippen LogP contribution >= 0.6 is 0 Å². The lowest BCUT2D eigenvalue weighted by molar-refractivity contribution is -0.114. The van der Waals surface area contributed by atoms with Gasteiger partial charge in [0, 0.05) is 22.5 Å². The summed E-state index contributed by atoms with van der Waals surface area (Å²) in [7, 11) is 3.25. The molecule has 0 radical (unpaired) electrons. The van der Waals surface area contributed by atoms with E-state index in [2.05, 4.69) is 39.5 Å². The number of ketones is 1. The molecule has 26 heavy (non-hydrogen) atoms. The van der Waals surface area contributed by atoms with Crippen LogP contribution in [0.15, 0.2) is 54.2 Å². The molecule has 0 heterocycles. The summed E-state index contributed by atoms with van der Waals surface area (Å²) in [6.45, 7) is 14.2. The van der Waals surface area contributed by atoms with Gasteiger partial charge in [0.15, 0.2) is 17.3 Å². The second-order valence-corrected chi connectivity index (χ2v) is 8.31. The van der Waals surface area contributed by atoms with Crippen LogP contribution in [-0.4, -0.2) is 20.0 Å². The molecule has 1 unspecified atom stereocenters. The number of allylic oxidation sites excluding steroid dienone is 5. The summed E-state index contributed by atoms with van der Waals surface area (Å²) < 4.78 is 10.8. The standard InChI is InChI=1S/C23H30O3/c1-9-23(5,6)18-13-16(12-17(21(18)24)22(2,3)4)15-10-11-19(25-7)20(14-15)26-8/h9-14,16H,1H2,2-8H3. The average Bonchev–Trinajstić information content (AvgIpc) is 2.60. The number of Topliss-reactive ketones (excluding diaryl/α,β-unsaturated/α-hetero) is 1. The predicted octanol–water partition coefficient (Wildman–Crippen LogP) is 5.48. The highest BCUT2D eigenvalue weighted by molar-refractivity contribution is 6.11. The number of carbonyl (C=O) groups excluding carboxylic acids is 1. The number of methoxy groups -OCH3 is 2. The summed E-state index contributed by atoms with van der Waals surface area (Å²) in [6.07, 6.45) is 5.97. The molecule has 140 valence electrons. The van der Waals surface area contributed by atoms with Crippen molar-refractivity contribution >= 4 is 5.78 Å². The van der Waals surface area contributed by atoms with E-state index in [1.807, 2.05) is 38.1 Å². The molecule has 2 rings (SSSR count). The second-order valence-electron chi connectivity index (χ2n) is 8.31. The lowest BCUT2D eigenvalue weighted by Crippen LogP contribution is -2.29. The SMILES string of the molecule is C=CC(C)(C)C1=CC(c2ccc(OC)c(OC)c2)C=C(C(C)(C)C)C1=O. The molecule has 0 spiro atoms. The second kappa shape index (κ2) is 7.14. The summed E-state index contributed by atoms with van der Waals surface area (Å²) >= 11 is 0. The van der Waals surface area contributed by atoms with E-state index in [1.54, 1.807) is 14.2 Å². The highest BCUT2D eigenvalue weighted by atomic mass is 16.5. The lowest BCUT2D eigenvalue weighted by atomic mass is 9.69. The Labute approximate surface area is 157 Å². The molecule has 0 saturated heterocycles. The van der Waals surface area contributed by atoms with Crippen LogP contribution in [0.2, 0.25) is 0 Å². The van der Waals surface area contributed by atoms with Crippen molar-refractivity contribution in [3.8, 4) is 11.5 Å². The van der Waals surface area contributed by atoms with Gasteiger partial charge in [-0.05, 0) is 23.1 Å². The largest absolute Gasteiger partial charge is 0.493 e. The van der Waals surface area contributed by atoms with E-state index in [0.717, 1.165) is 16.7 Å². The first-order chi connectivity index (χ1) is 12.0.